The second-order valence-corrected chi connectivity index (χ2v) is 20.9. The maximum absolute atomic E-state index is 9.21. The number of aliphatic hydroxyl groups is 1. The molecule has 8 nitrogen and oxygen atoms in total. The SMILES string of the molecule is CC(C)C1(N)CC1.CC(C)C1(O)CC1.CC(C)C1CC1.CC(C)C1CCC1.CC(C)[C@@H]1CCCO1.CC(C)[C@H]1CCCO1.CC(C)c1ccco1.CC(C)c1cnno1. The first-order valence-electron chi connectivity index (χ1n) is 24.2. The van der Waals surface area contributed by atoms with Gasteiger partial charge in [0.2, 0.25) is 0 Å². The first kappa shape index (κ1) is 55.3. The zero-order valence-corrected chi connectivity index (χ0v) is 41.4. The molecule has 8 rings (SSSR count). The molecule has 8 heteroatoms. The van der Waals surface area contributed by atoms with Crippen LogP contribution in [0, 0.1) is 47.3 Å². The van der Waals surface area contributed by atoms with Crippen LogP contribution >= 0.6 is 0 Å². The number of aromatic nitrogens is 2. The molecule has 4 saturated carbocycles. The van der Waals surface area contributed by atoms with Crippen molar-refractivity contribution in [2.75, 3.05) is 13.2 Å². The summed E-state index contributed by atoms with van der Waals surface area (Å²) < 4.78 is 20.7. The topological polar surface area (TPSA) is 117 Å². The van der Waals surface area contributed by atoms with Gasteiger partial charge in [0.15, 0.2) is 5.76 Å². The van der Waals surface area contributed by atoms with Gasteiger partial charge < -0.3 is 29.3 Å². The number of furan rings is 1. The lowest BCUT2D eigenvalue weighted by Crippen LogP contribution is -2.27. The minimum Gasteiger partial charge on any atom is -0.469 e. The van der Waals surface area contributed by atoms with Crippen LogP contribution in [0.3, 0.4) is 0 Å². The monoisotopic (exact) mass is 832 g/mol. The van der Waals surface area contributed by atoms with E-state index in [1.807, 2.05) is 26.0 Å². The minimum absolute atomic E-state index is 0.250. The molecule has 2 saturated heterocycles. The Morgan fingerprint density at radius 2 is 1.07 bits per heavy atom. The minimum atomic E-state index is -0.250. The van der Waals surface area contributed by atoms with Gasteiger partial charge in [0, 0.05) is 35.9 Å². The molecular weight excluding hydrogens is 735 g/mol. The van der Waals surface area contributed by atoms with Crippen molar-refractivity contribution >= 4 is 0 Å². The molecule has 0 unspecified atom stereocenters. The quantitative estimate of drug-likeness (QED) is 0.270. The highest BCUT2D eigenvalue weighted by Gasteiger charge is 2.43. The molecule has 2 atom stereocenters. The predicted molar refractivity (Wildman–Crippen MR) is 249 cm³/mol. The van der Waals surface area contributed by atoms with Gasteiger partial charge in [-0.2, -0.15) is 0 Å². The van der Waals surface area contributed by atoms with Gasteiger partial charge >= 0.3 is 0 Å². The summed E-state index contributed by atoms with van der Waals surface area (Å²) in [6.45, 7) is 36.9. The Labute approximate surface area is 364 Å². The van der Waals surface area contributed by atoms with Crippen molar-refractivity contribution in [1.82, 2.24) is 10.4 Å². The van der Waals surface area contributed by atoms with Crippen molar-refractivity contribution in [3.8, 4) is 0 Å². The van der Waals surface area contributed by atoms with E-state index in [2.05, 4.69) is 107 Å². The highest BCUT2D eigenvalue weighted by molar-refractivity contribution is 5.02. The molecule has 0 amide bonds. The summed E-state index contributed by atoms with van der Waals surface area (Å²) in [5, 5.41) is 16.1. The summed E-state index contributed by atoms with van der Waals surface area (Å²) in [4.78, 5) is 0. The van der Waals surface area contributed by atoms with E-state index in [4.69, 9.17) is 24.1 Å². The molecule has 4 aliphatic carbocycles. The Kier molecular flexibility index (Phi) is 27.0. The highest BCUT2D eigenvalue weighted by atomic mass is 16.5. The number of hydrogen-bond acceptors (Lipinski definition) is 8. The molecular formula is C51H97N3O5. The third kappa shape index (κ3) is 25.1. The summed E-state index contributed by atoms with van der Waals surface area (Å²) >= 11 is 0. The molecule has 0 radical (unpaired) electrons. The van der Waals surface area contributed by atoms with Crippen LogP contribution in [-0.2, 0) is 9.47 Å². The van der Waals surface area contributed by atoms with Gasteiger partial charge in [-0.1, -0.05) is 130 Å². The standard InChI is InChI=1S/2C7H14O.C7H10O.C7H14.C6H13N.C6H12O.C6H12.C5H8N2O/c3*1-6(2)7-4-3-5-8-7;1-6(2)7-4-3-5-7;2*1-5(2)6(7)3-4-6;1-5(2)6-3-4-6;1-4(2)5-3-6-7-8-5/h2*6-7H,3-5H2,1-2H3;3-6H,1-2H3;6-7H,3-5H2,1-2H3;5H,3-4,7H2,1-2H3;5,7H,3-4H2,1-2H3;5-6H,3-4H2,1-2H3;3-4H,1-2H3/t2*7-;;;;;;/m10....../s1. The van der Waals surface area contributed by atoms with E-state index in [-0.39, 0.29) is 11.1 Å². The normalized spacial score (nSPS) is 21.9. The smallest absolute Gasteiger partial charge is 0.159 e. The zero-order valence-electron chi connectivity index (χ0n) is 41.4. The fourth-order valence-electron chi connectivity index (χ4n) is 6.60. The molecule has 0 aromatic carbocycles. The number of hydrogen-bond donors (Lipinski definition) is 2. The Morgan fingerprint density at radius 3 is 1.17 bits per heavy atom. The van der Waals surface area contributed by atoms with Crippen molar-refractivity contribution in [3.05, 3.63) is 36.1 Å². The van der Waals surface area contributed by atoms with E-state index in [1.54, 1.807) is 12.5 Å². The molecule has 2 aromatic rings. The largest absolute Gasteiger partial charge is 0.469 e. The summed E-state index contributed by atoms with van der Waals surface area (Å²) in [5.41, 5.74) is 5.79. The van der Waals surface area contributed by atoms with Crippen LogP contribution in [-0.4, -0.2) is 52.0 Å². The number of nitrogens with two attached hydrogens (primary N) is 1. The lowest BCUT2D eigenvalue weighted by molar-refractivity contribution is 0.0757. The van der Waals surface area contributed by atoms with Crippen LogP contribution in [0.5, 0.6) is 0 Å². The zero-order chi connectivity index (χ0) is 44.8. The van der Waals surface area contributed by atoms with Gasteiger partial charge in [-0.15, -0.1) is 5.10 Å². The summed E-state index contributed by atoms with van der Waals surface area (Å²) in [6, 6.07) is 3.90. The first-order chi connectivity index (χ1) is 27.6. The van der Waals surface area contributed by atoms with Crippen LogP contribution in [0.2, 0.25) is 0 Å². The van der Waals surface area contributed by atoms with E-state index in [1.165, 1.54) is 70.6 Å². The molecule has 0 bridgehead atoms. The summed E-state index contributed by atoms with van der Waals surface area (Å²) in [7, 11) is 0. The second kappa shape index (κ2) is 28.8. The summed E-state index contributed by atoms with van der Waals surface area (Å²) in [5.74, 6) is 9.50. The van der Waals surface area contributed by atoms with Crippen LogP contribution in [0.25, 0.3) is 0 Å². The Balaban J connectivity index is 0.000000338. The van der Waals surface area contributed by atoms with E-state index in [0.29, 0.717) is 35.9 Å². The van der Waals surface area contributed by atoms with E-state index in [0.717, 1.165) is 73.1 Å². The van der Waals surface area contributed by atoms with Crippen molar-refractivity contribution in [2.24, 2.45) is 53.1 Å². The molecule has 0 spiro atoms. The fourth-order valence-corrected chi connectivity index (χ4v) is 6.60. The molecule has 2 aromatic heterocycles. The average molecular weight is 832 g/mol. The van der Waals surface area contributed by atoms with E-state index >= 15 is 0 Å². The highest BCUT2D eigenvalue weighted by Crippen LogP contribution is 2.41. The maximum atomic E-state index is 9.21. The Bertz CT molecular complexity index is 1150. The first-order valence-corrected chi connectivity index (χ1v) is 24.2. The number of nitrogens with zero attached hydrogens (tertiary/aromatic N) is 2. The van der Waals surface area contributed by atoms with Crippen LogP contribution < -0.4 is 5.73 Å². The molecule has 59 heavy (non-hydrogen) atoms. The van der Waals surface area contributed by atoms with Crippen molar-refractivity contribution in [1.29, 1.82) is 0 Å². The van der Waals surface area contributed by atoms with Crippen LogP contribution in [0.15, 0.2) is 33.5 Å². The number of ether oxygens (including phenoxy) is 2. The number of rotatable bonds is 8. The Hall–Kier alpha value is -1.74. The fraction of sp³-hybridized carbons (Fsp3) is 0.882. The van der Waals surface area contributed by atoms with Gasteiger partial charge in [0.1, 0.15) is 5.76 Å². The molecule has 3 N–H and O–H groups in total. The van der Waals surface area contributed by atoms with Crippen LogP contribution in [0.1, 0.15) is 218 Å². The molecule has 4 heterocycles. The van der Waals surface area contributed by atoms with Crippen molar-refractivity contribution in [3.63, 3.8) is 0 Å². The molecule has 6 aliphatic rings. The lowest BCUT2D eigenvalue weighted by Gasteiger charge is -2.28. The predicted octanol–water partition coefficient (Wildman–Crippen LogP) is 14.0. The third-order valence-corrected chi connectivity index (χ3v) is 12.9. The van der Waals surface area contributed by atoms with Gasteiger partial charge in [-0.25, -0.2) is 0 Å². The maximum Gasteiger partial charge on any atom is 0.159 e. The van der Waals surface area contributed by atoms with Gasteiger partial charge in [-0.05, 0) is 124 Å². The van der Waals surface area contributed by atoms with Gasteiger partial charge in [-0.3, -0.25) is 0 Å². The van der Waals surface area contributed by atoms with Gasteiger partial charge in [0.05, 0.1) is 30.3 Å². The Morgan fingerprint density at radius 1 is 0.593 bits per heavy atom. The summed E-state index contributed by atoms with van der Waals surface area (Å²) in [6.07, 6.45) is 21.5. The molecule has 346 valence electrons. The molecule has 2 aliphatic heterocycles. The molecule has 6 fully saturated rings. The van der Waals surface area contributed by atoms with Crippen molar-refractivity contribution < 1.29 is 23.5 Å². The van der Waals surface area contributed by atoms with E-state index < -0.39 is 0 Å². The van der Waals surface area contributed by atoms with Gasteiger partial charge in [0.25, 0.3) is 0 Å². The average Bonchev–Trinajstić information content (AvgIpc) is 3.97. The third-order valence-electron chi connectivity index (χ3n) is 12.9. The van der Waals surface area contributed by atoms with Crippen molar-refractivity contribution in [2.45, 2.75) is 229 Å². The lowest BCUT2D eigenvalue weighted by atomic mass is 9.78. The van der Waals surface area contributed by atoms with E-state index in [9.17, 15) is 5.11 Å². The van der Waals surface area contributed by atoms with Crippen LogP contribution in [0.4, 0.5) is 0 Å². The second-order valence-electron chi connectivity index (χ2n) is 20.9.